The Bertz CT molecular complexity index is 884. The highest BCUT2D eigenvalue weighted by Gasteiger charge is 2.16. The number of aromatic nitrogens is 1. The van der Waals surface area contributed by atoms with E-state index in [9.17, 15) is 13.6 Å². The standard InChI is InChI=1S/C19H18F2N2O/c1-12-16(17-9-15(21)7-8-18(17)22-12)10-19(24)23(2)11-13-3-5-14(20)6-4-13/h3-9,22H,10-11H2,1-2H3. The van der Waals surface area contributed by atoms with Gasteiger partial charge in [0.2, 0.25) is 5.91 Å². The molecule has 0 fully saturated rings. The first-order valence-corrected chi connectivity index (χ1v) is 7.69. The van der Waals surface area contributed by atoms with Crippen molar-refractivity contribution in [1.29, 1.82) is 0 Å². The zero-order chi connectivity index (χ0) is 17.3. The van der Waals surface area contributed by atoms with E-state index in [2.05, 4.69) is 4.98 Å². The Morgan fingerprint density at radius 3 is 2.46 bits per heavy atom. The molecule has 3 rings (SSSR count). The van der Waals surface area contributed by atoms with Crippen LogP contribution in [0.2, 0.25) is 0 Å². The summed E-state index contributed by atoms with van der Waals surface area (Å²) >= 11 is 0. The van der Waals surface area contributed by atoms with Crippen LogP contribution in [0.5, 0.6) is 0 Å². The molecule has 0 unspecified atom stereocenters. The minimum absolute atomic E-state index is 0.0763. The number of benzene rings is 2. The summed E-state index contributed by atoms with van der Waals surface area (Å²) in [5.41, 5.74) is 3.34. The molecule has 0 aliphatic heterocycles. The van der Waals surface area contributed by atoms with Gasteiger partial charge < -0.3 is 9.88 Å². The van der Waals surface area contributed by atoms with E-state index >= 15 is 0 Å². The summed E-state index contributed by atoms with van der Waals surface area (Å²) in [6, 6.07) is 10.6. The summed E-state index contributed by atoms with van der Waals surface area (Å²) in [6.45, 7) is 2.27. The molecule has 0 saturated carbocycles. The fourth-order valence-electron chi connectivity index (χ4n) is 2.82. The highest BCUT2D eigenvalue weighted by atomic mass is 19.1. The van der Waals surface area contributed by atoms with E-state index in [0.29, 0.717) is 6.54 Å². The van der Waals surface area contributed by atoms with E-state index in [0.717, 1.165) is 27.7 Å². The lowest BCUT2D eigenvalue weighted by Crippen LogP contribution is -2.27. The van der Waals surface area contributed by atoms with Crippen molar-refractivity contribution in [2.75, 3.05) is 7.05 Å². The zero-order valence-electron chi connectivity index (χ0n) is 13.6. The number of hydrogen-bond donors (Lipinski definition) is 1. The van der Waals surface area contributed by atoms with Crippen molar-refractivity contribution in [3.8, 4) is 0 Å². The van der Waals surface area contributed by atoms with E-state index in [1.807, 2.05) is 6.92 Å². The average Bonchev–Trinajstić information content (AvgIpc) is 2.85. The monoisotopic (exact) mass is 328 g/mol. The van der Waals surface area contributed by atoms with Gasteiger partial charge in [-0.25, -0.2) is 8.78 Å². The lowest BCUT2D eigenvalue weighted by Gasteiger charge is -2.17. The molecular formula is C19H18F2N2O. The van der Waals surface area contributed by atoms with Crippen molar-refractivity contribution in [3.63, 3.8) is 0 Å². The number of H-pyrrole nitrogens is 1. The molecule has 1 N–H and O–H groups in total. The van der Waals surface area contributed by atoms with Crippen LogP contribution in [0.15, 0.2) is 42.5 Å². The average molecular weight is 328 g/mol. The number of aryl methyl sites for hydroxylation is 1. The molecular weight excluding hydrogens is 310 g/mol. The minimum atomic E-state index is -0.324. The number of rotatable bonds is 4. The molecule has 0 radical (unpaired) electrons. The number of nitrogens with zero attached hydrogens (tertiary/aromatic N) is 1. The van der Waals surface area contributed by atoms with Gasteiger partial charge in [0.05, 0.1) is 6.42 Å². The van der Waals surface area contributed by atoms with E-state index < -0.39 is 0 Å². The Balaban J connectivity index is 1.78. The second-order valence-electron chi connectivity index (χ2n) is 5.97. The van der Waals surface area contributed by atoms with Crippen LogP contribution in [0, 0.1) is 18.6 Å². The smallest absolute Gasteiger partial charge is 0.227 e. The van der Waals surface area contributed by atoms with Gasteiger partial charge in [-0.05, 0) is 48.4 Å². The number of carbonyl (C=O) groups excluding carboxylic acids is 1. The molecule has 0 spiro atoms. The Morgan fingerprint density at radius 2 is 1.75 bits per heavy atom. The van der Waals surface area contributed by atoms with Gasteiger partial charge in [0.25, 0.3) is 0 Å². The largest absolute Gasteiger partial charge is 0.358 e. The Morgan fingerprint density at radius 1 is 1.08 bits per heavy atom. The van der Waals surface area contributed by atoms with Crippen LogP contribution in [0.3, 0.4) is 0 Å². The third-order valence-electron chi connectivity index (χ3n) is 4.17. The van der Waals surface area contributed by atoms with E-state index in [-0.39, 0.29) is 24.0 Å². The summed E-state index contributed by atoms with van der Waals surface area (Å²) in [7, 11) is 1.70. The number of hydrogen-bond acceptors (Lipinski definition) is 1. The Hall–Kier alpha value is -2.69. The molecule has 124 valence electrons. The number of fused-ring (bicyclic) bond motifs is 1. The fraction of sp³-hybridized carbons (Fsp3) is 0.211. The first-order valence-electron chi connectivity index (χ1n) is 7.69. The summed E-state index contributed by atoms with van der Waals surface area (Å²) < 4.78 is 26.4. The molecule has 0 bridgehead atoms. The molecule has 0 saturated heterocycles. The van der Waals surface area contributed by atoms with Crippen molar-refractivity contribution in [2.24, 2.45) is 0 Å². The van der Waals surface area contributed by atoms with Gasteiger partial charge in [-0.1, -0.05) is 12.1 Å². The van der Waals surface area contributed by atoms with Crippen LogP contribution in [-0.2, 0) is 17.8 Å². The molecule has 24 heavy (non-hydrogen) atoms. The molecule has 1 heterocycles. The van der Waals surface area contributed by atoms with Gasteiger partial charge in [0, 0.05) is 30.2 Å². The third kappa shape index (κ3) is 3.30. The number of carbonyl (C=O) groups is 1. The summed E-state index contributed by atoms with van der Waals surface area (Å²) in [5.74, 6) is -0.702. The van der Waals surface area contributed by atoms with Gasteiger partial charge in [-0.3, -0.25) is 4.79 Å². The number of likely N-dealkylation sites (N-methyl/N-ethyl adjacent to an activating group) is 1. The van der Waals surface area contributed by atoms with Crippen LogP contribution in [-0.4, -0.2) is 22.8 Å². The highest BCUT2D eigenvalue weighted by molar-refractivity contribution is 5.90. The third-order valence-corrected chi connectivity index (χ3v) is 4.17. The van der Waals surface area contributed by atoms with Crippen molar-refractivity contribution in [2.45, 2.75) is 19.9 Å². The molecule has 0 atom stereocenters. The minimum Gasteiger partial charge on any atom is -0.358 e. The van der Waals surface area contributed by atoms with E-state index in [4.69, 9.17) is 0 Å². The van der Waals surface area contributed by atoms with Crippen molar-refractivity contribution in [1.82, 2.24) is 9.88 Å². The molecule has 0 aliphatic carbocycles. The second kappa shape index (κ2) is 6.43. The normalized spacial score (nSPS) is 11.0. The number of aromatic amines is 1. The molecule has 1 aromatic heterocycles. The van der Waals surface area contributed by atoms with Gasteiger partial charge in [-0.15, -0.1) is 0 Å². The van der Waals surface area contributed by atoms with Gasteiger partial charge in [0.15, 0.2) is 0 Å². The fourth-order valence-corrected chi connectivity index (χ4v) is 2.82. The topological polar surface area (TPSA) is 36.1 Å². The second-order valence-corrected chi connectivity index (χ2v) is 5.97. The molecule has 3 aromatic rings. The summed E-state index contributed by atoms with van der Waals surface area (Å²) in [6.07, 6.45) is 0.187. The van der Waals surface area contributed by atoms with Crippen molar-refractivity contribution in [3.05, 3.63) is 70.9 Å². The number of halogens is 2. The first kappa shape index (κ1) is 16.2. The molecule has 1 amide bonds. The quantitative estimate of drug-likeness (QED) is 0.773. The van der Waals surface area contributed by atoms with Crippen LogP contribution < -0.4 is 0 Å². The maximum absolute atomic E-state index is 13.5. The van der Waals surface area contributed by atoms with Crippen LogP contribution in [0.25, 0.3) is 10.9 Å². The Kier molecular flexibility index (Phi) is 4.34. The van der Waals surface area contributed by atoms with Gasteiger partial charge >= 0.3 is 0 Å². The van der Waals surface area contributed by atoms with Crippen molar-refractivity contribution >= 4 is 16.8 Å². The first-order chi connectivity index (χ1) is 11.4. The number of nitrogens with one attached hydrogen (secondary N) is 1. The van der Waals surface area contributed by atoms with Crippen LogP contribution >= 0.6 is 0 Å². The summed E-state index contributed by atoms with van der Waals surface area (Å²) in [5, 5.41) is 0.732. The SMILES string of the molecule is Cc1[nH]c2ccc(F)cc2c1CC(=O)N(C)Cc1ccc(F)cc1. The lowest BCUT2D eigenvalue weighted by atomic mass is 10.1. The molecule has 3 nitrogen and oxygen atoms in total. The molecule has 2 aromatic carbocycles. The lowest BCUT2D eigenvalue weighted by molar-refractivity contribution is -0.129. The van der Waals surface area contributed by atoms with Crippen molar-refractivity contribution < 1.29 is 13.6 Å². The Labute approximate surface area is 138 Å². The van der Waals surface area contributed by atoms with Crippen LogP contribution in [0.1, 0.15) is 16.8 Å². The van der Waals surface area contributed by atoms with E-state index in [1.165, 1.54) is 24.3 Å². The zero-order valence-corrected chi connectivity index (χ0v) is 13.6. The molecule has 5 heteroatoms. The van der Waals surface area contributed by atoms with Crippen LogP contribution in [0.4, 0.5) is 8.78 Å². The molecule has 0 aliphatic rings. The summed E-state index contributed by atoms with van der Waals surface area (Å²) in [4.78, 5) is 17.3. The van der Waals surface area contributed by atoms with Gasteiger partial charge in [0.1, 0.15) is 11.6 Å². The predicted octanol–water partition coefficient (Wildman–Crippen LogP) is 3.96. The maximum Gasteiger partial charge on any atom is 0.227 e. The van der Waals surface area contributed by atoms with Gasteiger partial charge in [-0.2, -0.15) is 0 Å². The number of amides is 1. The van der Waals surface area contributed by atoms with E-state index in [1.54, 1.807) is 30.1 Å². The predicted molar refractivity (Wildman–Crippen MR) is 89.6 cm³/mol. The maximum atomic E-state index is 13.5. The highest BCUT2D eigenvalue weighted by Crippen LogP contribution is 2.24.